The van der Waals surface area contributed by atoms with Crippen LogP contribution >= 0.6 is 0 Å². The van der Waals surface area contributed by atoms with Crippen LogP contribution in [0.3, 0.4) is 0 Å². The zero-order chi connectivity index (χ0) is 8.97. The second kappa shape index (κ2) is 4.18. The lowest BCUT2D eigenvalue weighted by Crippen LogP contribution is -2.02. The zero-order valence-corrected chi connectivity index (χ0v) is 7.01. The highest BCUT2D eigenvalue weighted by Crippen LogP contribution is 2.06. The molecule has 1 atom stereocenters. The summed E-state index contributed by atoms with van der Waals surface area (Å²) in [7, 11) is 0. The molecule has 0 aliphatic heterocycles. The molecule has 0 spiro atoms. The minimum Gasteiger partial charge on any atom is -0.393 e. The molecule has 0 fully saturated rings. The number of aliphatic hydroxyl groups is 2. The zero-order valence-electron chi connectivity index (χ0n) is 7.01. The fourth-order valence-corrected chi connectivity index (χ4v) is 0.898. The van der Waals surface area contributed by atoms with Gasteiger partial charge in [0.25, 0.3) is 0 Å². The third-order valence-electron chi connectivity index (χ3n) is 1.52. The molecule has 0 amide bonds. The Morgan fingerprint density at radius 2 is 2.42 bits per heavy atom. The molecule has 0 aliphatic carbocycles. The number of aliphatic hydroxyl groups excluding tert-OH is 2. The van der Waals surface area contributed by atoms with Gasteiger partial charge in [-0.25, -0.2) is 0 Å². The largest absolute Gasteiger partial charge is 0.393 e. The molecule has 5 heteroatoms. The average Bonchev–Trinajstić information content (AvgIpc) is 2.52. The van der Waals surface area contributed by atoms with Crippen molar-refractivity contribution >= 4 is 0 Å². The van der Waals surface area contributed by atoms with Gasteiger partial charge in [0.1, 0.15) is 11.8 Å². The summed E-state index contributed by atoms with van der Waals surface area (Å²) in [6.45, 7) is 2.50. The lowest BCUT2D eigenvalue weighted by molar-refractivity contribution is 0.0921. The first-order valence-corrected chi connectivity index (χ1v) is 3.97. The van der Waals surface area contributed by atoms with Crippen LogP contribution in [0.15, 0.2) is 6.20 Å². The van der Waals surface area contributed by atoms with E-state index >= 15 is 0 Å². The number of aromatic nitrogens is 3. The summed E-state index contributed by atoms with van der Waals surface area (Å²) in [5.74, 6) is 0. The topological polar surface area (TPSA) is 71.2 Å². The van der Waals surface area contributed by atoms with Gasteiger partial charge in [0.2, 0.25) is 0 Å². The van der Waals surface area contributed by atoms with E-state index in [4.69, 9.17) is 10.2 Å². The van der Waals surface area contributed by atoms with Crippen LogP contribution in [0.4, 0.5) is 0 Å². The van der Waals surface area contributed by atoms with Crippen molar-refractivity contribution < 1.29 is 10.2 Å². The number of rotatable bonds is 4. The Hall–Kier alpha value is -0.940. The SMILES string of the molecule is CCCn1cc(C(O)CO)nn1. The molecule has 1 unspecified atom stereocenters. The van der Waals surface area contributed by atoms with Crippen LogP contribution < -0.4 is 0 Å². The standard InChI is InChI=1S/C7H13N3O2/c1-2-3-10-4-6(8-9-10)7(12)5-11/h4,7,11-12H,2-3,5H2,1H3. The summed E-state index contributed by atoms with van der Waals surface area (Å²) in [6.07, 6.45) is 1.71. The van der Waals surface area contributed by atoms with Gasteiger partial charge in [0, 0.05) is 6.54 Å². The lowest BCUT2D eigenvalue weighted by Gasteiger charge is -1.99. The van der Waals surface area contributed by atoms with Crippen LogP contribution in [-0.4, -0.2) is 31.8 Å². The molecular formula is C7H13N3O2. The number of hydrogen-bond acceptors (Lipinski definition) is 4. The second-order valence-corrected chi connectivity index (χ2v) is 2.60. The molecule has 0 aliphatic rings. The highest BCUT2D eigenvalue weighted by atomic mass is 16.3. The van der Waals surface area contributed by atoms with Crippen molar-refractivity contribution in [2.75, 3.05) is 6.61 Å². The minimum absolute atomic E-state index is 0.315. The minimum atomic E-state index is -0.907. The maximum atomic E-state index is 9.14. The molecule has 5 nitrogen and oxygen atoms in total. The van der Waals surface area contributed by atoms with E-state index in [1.165, 1.54) is 0 Å². The molecule has 1 rings (SSSR count). The molecule has 1 aromatic heterocycles. The van der Waals surface area contributed by atoms with Crippen LogP contribution in [0.25, 0.3) is 0 Å². The molecule has 12 heavy (non-hydrogen) atoms. The van der Waals surface area contributed by atoms with Gasteiger partial charge in [-0.15, -0.1) is 5.10 Å². The Balaban J connectivity index is 2.63. The van der Waals surface area contributed by atoms with Gasteiger partial charge < -0.3 is 10.2 Å². The van der Waals surface area contributed by atoms with Crippen LogP contribution in [0.2, 0.25) is 0 Å². The predicted octanol–water partition coefficient (Wildman–Crippen LogP) is -0.286. The van der Waals surface area contributed by atoms with Crippen LogP contribution in [0, 0.1) is 0 Å². The van der Waals surface area contributed by atoms with Crippen LogP contribution in [-0.2, 0) is 6.54 Å². The van der Waals surface area contributed by atoms with Gasteiger partial charge in [-0.05, 0) is 6.42 Å². The molecule has 0 saturated carbocycles. The molecule has 1 aromatic rings. The summed E-state index contributed by atoms with van der Waals surface area (Å²) in [5, 5.41) is 25.2. The summed E-state index contributed by atoms with van der Waals surface area (Å²) >= 11 is 0. The van der Waals surface area contributed by atoms with E-state index in [0.717, 1.165) is 13.0 Å². The molecular weight excluding hydrogens is 158 g/mol. The first-order chi connectivity index (χ1) is 5.77. The van der Waals surface area contributed by atoms with Crippen molar-refractivity contribution in [3.8, 4) is 0 Å². The second-order valence-electron chi connectivity index (χ2n) is 2.60. The van der Waals surface area contributed by atoms with Gasteiger partial charge in [0.15, 0.2) is 0 Å². The van der Waals surface area contributed by atoms with Crippen molar-refractivity contribution in [1.29, 1.82) is 0 Å². The fraction of sp³-hybridized carbons (Fsp3) is 0.714. The van der Waals surface area contributed by atoms with Gasteiger partial charge in [-0.3, -0.25) is 4.68 Å². The van der Waals surface area contributed by atoms with E-state index in [1.807, 2.05) is 6.92 Å². The summed E-state index contributed by atoms with van der Waals surface area (Å²) < 4.78 is 1.65. The van der Waals surface area contributed by atoms with E-state index in [9.17, 15) is 0 Å². The maximum Gasteiger partial charge on any atom is 0.122 e. The quantitative estimate of drug-likeness (QED) is 0.653. The fourth-order valence-electron chi connectivity index (χ4n) is 0.898. The van der Waals surface area contributed by atoms with E-state index < -0.39 is 6.10 Å². The van der Waals surface area contributed by atoms with Gasteiger partial charge in [-0.1, -0.05) is 12.1 Å². The molecule has 68 valence electrons. The van der Waals surface area contributed by atoms with E-state index in [1.54, 1.807) is 10.9 Å². The molecule has 0 radical (unpaired) electrons. The normalized spacial score (nSPS) is 13.2. The summed E-state index contributed by atoms with van der Waals surface area (Å²) in [5.41, 5.74) is 0.422. The van der Waals surface area contributed by atoms with Crippen molar-refractivity contribution in [3.05, 3.63) is 11.9 Å². The first-order valence-electron chi connectivity index (χ1n) is 3.97. The summed E-state index contributed by atoms with van der Waals surface area (Å²) in [6, 6.07) is 0. The van der Waals surface area contributed by atoms with Crippen molar-refractivity contribution in [3.63, 3.8) is 0 Å². The van der Waals surface area contributed by atoms with Crippen molar-refractivity contribution in [1.82, 2.24) is 15.0 Å². The van der Waals surface area contributed by atoms with E-state index in [-0.39, 0.29) is 6.61 Å². The smallest absolute Gasteiger partial charge is 0.122 e. The van der Waals surface area contributed by atoms with Gasteiger partial charge >= 0.3 is 0 Å². The third kappa shape index (κ3) is 2.02. The highest BCUT2D eigenvalue weighted by Gasteiger charge is 2.09. The Kier molecular flexibility index (Phi) is 3.19. The van der Waals surface area contributed by atoms with Crippen molar-refractivity contribution in [2.45, 2.75) is 26.0 Å². The molecule has 0 bridgehead atoms. The van der Waals surface area contributed by atoms with Crippen LogP contribution in [0.1, 0.15) is 25.1 Å². The number of nitrogens with zero attached hydrogens (tertiary/aromatic N) is 3. The van der Waals surface area contributed by atoms with E-state index in [0.29, 0.717) is 5.69 Å². The molecule has 0 aromatic carbocycles. The van der Waals surface area contributed by atoms with Crippen LogP contribution in [0.5, 0.6) is 0 Å². The van der Waals surface area contributed by atoms with Gasteiger partial charge in [0.05, 0.1) is 12.8 Å². The Labute approximate surface area is 70.6 Å². The number of hydrogen-bond donors (Lipinski definition) is 2. The maximum absolute atomic E-state index is 9.14. The Morgan fingerprint density at radius 3 is 3.00 bits per heavy atom. The number of aryl methyl sites for hydroxylation is 1. The molecule has 2 N–H and O–H groups in total. The Morgan fingerprint density at radius 1 is 1.67 bits per heavy atom. The molecule has 1 heterocycles. The van der Waals surface area contributed by atoms with Gasteiger partial charge in [-0.2, -0.15) is 0 Å². The lowest BCUT2D eigenvalue weighted by atomic mass is 10.3. The van der Waals surface area contributed by atoms with E-state index in [2.05, 4.69) is 10.3 Å². The third-order valence-corrected chi connectivity index (χ3v) is 1.52. The summed E-state index contributed by atoms with van der Waals surface area (Å²) in [4.78, 5) is 0. The first kappa shape index (κ1) is 9.15. The van der Waals surface area contributed by atoms with Crippen molar-refractivity contribution in [2.24, 2.45) is 0 Å². The Bertz CT molecular complexity index is 236. The predicted molar refractivity (Wildman–Crippen MR) is 42.4 cm³/mol. The highest BCUT2D eigenvalue weighted by molar-refractivity contribution is 4.96. The average molecular weight is 171 g/mol. The monoisotopic (exact) mass is 171 g/mol. The molecule has 0 saturated heterocycles.